The Labute approximate surface area is 67.9 Å². The van der Waals surface area contributed by atoms with Gasteiger partial charge in [0.25, 0.3) is 0 Å². The van der Waals surface area contributed by atoms with Crippen LogP contribution in [0.1, 0.15) is 0 Å². The van der Waals surface area contributed by atoms with Crippen LogP contribution in [0.4, 0.5) is 0 Å². The molecule has 2 aromatic rings. The van der Waals surface area contributed by atoms with Gasteiger partial charge in [-0.25, -0.2) is 0 Å². The predicted octanol–water partition coefficient (Wildman–Crippen LogP) is 0.962. The van der Waals surface area contributed by atoms with Crippen molar-refractivity contribution in [1.82, 2.24) is 4.98 Å². The third-order valence-electron chi connectivity index (χ3n) is 1.57. The van der Waals surface area contributed by atoms with E-state index in [-0.39, 0.29) is 0 Å². The van der Waals surface area contributed by atoms with E-state index < -0.39 is 0 Å². The van der Waals surface area contributed by atoms with Crippen molar-refractivity contribution in [3.8, 4) is 0 Å². The summed E-state index contributed by atoms with van der Waals surface area (Å²) in [7, 11) is 0. The maximum atomic E-state index is 3.17. The van der Waals surface area contributed by atoms with Crippen LogP contribution in [0.5, 0.6) is 0 Å². The Morgan fingerprint density at radius 3 is 2.90 bits per heavy atom. The predicted molar refractivity (Wildman–Crippen MR) is 43.7 cm³/mol. The fraction of sp³-hybridized carbons (Fsp3) is 0. The Balaban J connectivity index is 2.95. The summed E-state index contributed by atoms with van der Waals surface area (Å²) in [4.78, 5) is 3.17. The van der Waals surface area contributed by atoms with Crippen LogP contribution in [0.15, 0.2) is 30.5 Å². The number of aromatic amines is 1. The van der Waals surface area contributed by atoms with E-state index in [1.807, 2.05) is 6.20 Å². The summed E-state index contributed by atoms with van der Waals surface area (Å²) in [5, 5.41) is 1.28. The summed E-state index contributed by atoms with van der Waals surface area (Å²) >= 11 is 2.55. The van der Waals surface area contributed by atoms with Crippen LogP contribution in [0.3, 0.4) is 0 Å². The first-order valence-corrected chi connectivity index (χ1v) is 4.07. The van der Waals surface area contributed by atoms with E-state index in [1.165, 1.54) is 15.3 Å². The number of hydrogen-bond acceptors (Lipinski definition) is 0. The molecule has 1 aromatic heterocycles. The average Bonchev–Trinajstić information content (AvgIpc) is 2.36. The second-order valence-corrected chi connectivity index (χ2v) is 3.23. The number of rotatable bonds is 0. The molecule has 48 valence electrons. The van der Waals surface area contributed by atoms with E-state index in [0.717, 1.165) is 0 Å². The van der Waals surface area contributed by atoms with Crippen molar-refractivity contribution < 1.29 is 0 Å². The first-order valence-electron chi connectivity index (χ1n) is 3.13. The van der Waals surface area contributed by atoms with Crippen molar-refractivity contribution >= 4 is 32.1 Å². The molecule has 10 heavy (non-hydrogen) atoms. The van der Waals surface area contributed by atoms with Crippen molar-refractivity contribution in [1.29, 1.82) is 0 Å². The summed E-state index contributed by atoms with van der Waals surface area (Å²) < 4.78 is 1.25. The van der Waals surface area contributed by atoms with Gasteiger partial charge in [-0.2, -0.15) is 0 Å². The third-order valence-corrected chi connectivity index (χ3v) is 2.35. The van der Waals surface area contributed by atoms with Crippen molar-refractivity contribution in [3.63, 3.8) is 0 Å². The summed E-state index contributed by atoms with van der Waals surface area (Å²) in [6.45, 7) is 0. The first kappa shape index (κ1) is 6.06. The first-order chi connectivity index (χ1) is 4.88. The van der Waals surface area contributed by atoms with Gasteiger partial charge < -0.3 is 0 Å². The fourth-order valence-electron chi connectivity index (χ4n) is 1.07. The molecule has 1 aromatic carbocycles. The number of benzene rings is 1. The van der Waals surface area contributed by atoms with E-state index >= 15 is 0 Å². The third kappa shape index (κ3) is 0.783. The van der Waals surface area contributed by atoms with Crippen LogP contribution in [-0.2, 0) is 0 Å². The molecular weight excluding hydrogens is 185 g/mol. The van der Waals surface area contributed by atoms with Crippen LogP contribution >= 0.6 is 0 Å². The Morgan fingerprint density at radius 1 is 1.20 bits per heavy atom. The molecule has 0 spiro atoms. The van der Waals surface area contributed by atoms with Gasteiger partial charge in [0, 0.05) is 0 Å². The Hall–Kier alpha value is -0.682. The van der Waals surface area contributed by atoms with Crippen molar-refractivity contribution in [3.05, 3.63) is 30.5 Å². The van der Waals surface area contributed by atoms with Crippen molar-refractivity contribution in [2.45, 2.75) is 0 Å². The summed E-state index contributed by atoms with van der Waals surface area (Å²) in [6, 6.07) is 8.32. The molecule has 0 saturated heterocycles. The van der Waals surface area contributed by atoms with Gasteiger partial charge >= 0.3 is 67.6 Å². The molecule has 0 saturated carbocycles. The minimum atomic E-state index is 1.22. The van der Waals surface area contributed by atoms with Crippen LogP contribution in [0.25, 0.3) is 10.9 Å². The number of nitrogens with one attached hydrogen (secondary N) is 1. The SMILES string of the molecule is [As]c1cccc2cc[nH]c12. The van der Waals surface area contributed by atoms with E-state index in [9.17, 15) is 0 Å². The Bertz CT molecular complexity index is 351. The second-order valence-electron chi connectivity index (χ2n) is 2.22. The van der Waals surface area contributed by atoms with E-state index in [2.05, 4.69) is 46.1 Å². The standard InChI is InChI=1S/C8H6AsN/c9-7-3-1-2-6-4-5-10-8(6)7/h1-5,10H. The monoisotopic (exact) mass is 191 g/mol. The normalized spacial score (nSPS) is 10.5. The average molecular weight is 191 g/mol. The molecule has 0 atom stereocenters. The Kier molecular flexibility index (Phi) is 1.32. The molecule has 0 amide bonds. The zero-order valence-corrected chi connectivity index (χ0v) is 7.21. The van der Waals surface area contributed by atoms with Gasteiger partial charge in [0.1, 0.15) is 0 Å². The van der Waals surface area contributed by atoms with Crippen molar-refractivity contribution in [2.24, 2.45) is 0 Å². The zero-order valence-electron chi connectivity index (χ0n) is 5.33. The quantitative estimate of drug-likeness (QED) is 0.597. The molecule has 2 radical (unpaired) electrons. The van der Waals surface area contributed by atoms with Gasteiger partial charge in [0.05, 0.1) is 0 Å². The summed E-state index contributed by atoms with van der Waals surface area (Å²) in [5.41, 5.74) is 1.22. The number of aromatic nitrogens is 1. The number of para-hydroxylation sites is 1. The second kappa shape index (κ2) is 2.17. The summed E-state index contributed by atoms with van der Waals surface area (Å²) in [5.74, 6) is 0. The van der Waals surface area contributed by atoms with Gasteiger partial charge in [-0.1, -0.05) is 0 Å². The van der Waals surface area contributed by atoms with E-state index in [4.69, 9.17) is 0 Å². The maximum absolute atomic E-state index is 3.17. The van der Waals surface area contributed by atoms with Gasteiger partial charge in [0.2, 0.25) is 0 Å². The zero-order chi connectivity index (χ0) is 6.97. The van der Waals surface area contributed by atoms with Gasteiger partial charge in [-0.3, -0.25) is 0 Å². The van der Waals surface area contributed by atoms with Crippen LogP contribution in [0.2, 0.25) is 0 Å². The van der Waals surface area contributed by atoms with Crippen LogP contribution in [-0.4, -0.2) is 21.8 Å². The summed E-state index contributed by atoms with van der Waals surface area (Å²) in [6.07, 6.45) is 1.96. The number of H-pyrrole nitrogens is 1. The van der Waals surface area contributed by atoms with Gasteiger partial charge in [0.15, 0.2) is 0 Å². The van der Waals surface area contributed by atoms with Crippen LogP contribution < -0.4 is 4.35 Å². The molecule has 2 rings (SSSR count). The molecule has 0 fully saturated rings. The molecular formula is C8H6AsN. The molecule has 0 bridgehead atoms. The van der Waals surface area contributed by atoms with E-state index in [1.54, 1.807) is 0 Å². The molecule has 1 N–H and O–H groups in total. The van der Waals surface area contributed by atoms with Crippen molar-refractivity contribution in [2.75, 3.05) is 0 Å². The minimum absolute atomic E-state index is 1.22. The van der Waals surface area contributed by atoms with Gasteiger partial charge in [-0.05, 0) is 0 Å². The number of fused-ring (bicyclic) bond motifs is 1. The molecule has 1 nitrogen and oxygen atoms in total. The fourth-order valence-corrected chi connectivity index (χ4v) is 1.66. The molecule has 2 heteroatoms. The van der Waals surface area contributed by atoms with Gasteiger partial charge in [-0.15, -0.1) is 0 Å². The molecule has 0 unspecified atom stereocenters. The molecule has 0 aliphatic heterocycles. The topological polar surface area (TPSA) is 15.8 Å². The van der Waals surface area contributed by atoms with Crippen LogP contribution in [0, 0.1) is 0 Å². The molecule has 1 heterocycles. The Morgan fingerprint density at radius 2 is 2.10 bits per heavy atom. The van der Waals surface area contributed by atoms with E-state index in [0.29, 0.717) is 0 Å². The molecule has 0 aliphatic carbocycles. The molecule has 0 aliphatic rings. The number of hydrogen-bond donors (Lipinski definition) is 1.